The van der Waals surface area contributed by atoms with Gasteiger partial charge in [0, 0.05) is 65.3 Å². The molecule has 5 rings (SSSR count). The summed E-state index contributed by atoms with van der Waals surface area (Å²) in [4.78, 5) is 110. The number of nitrogens with zero attached hydrogens (tertiary/aromatic N) is 2. The van der Waals surface area contributed by atoms with E-state index in [0.29, 0.717) is 37.2 Å². The molecule has 2 fully saturated rings. The topological polar surface area (TPSA) is 289 Å². The molecule has 4 bridgehead atoms. The number of Topliss-reactive ketones (excluding diaryl/α,β-unsaturated/α-hetero) is 2. The van der Waals surface area contributed by atoms with E-state index in [2.05, 4.69) is 10.6 Å². The Morgan fingerprint density at radius 1 is 1.05 bits per heavy atom. The largest absolute Gasteiger partial charge is 0.495 e. The highest BCUT2D eigenvalue weighted by atomic mass is 35.5. The van der Waals surface area contributed by atoms with Crippen LogP contribution in [0.1, 0.15) is 127 Å². The Balaban J connectivity index is 1.37. The molecule has 0 radical (unpaired) electrons. The fourth-order valence-corrected chi connectivity index (χ4v) is 10.8. The molecule has 10 atom stereocenters. The first-order valence-electron chi connectivity index (χ1n) is 27.6. The van der Waals surface area contributed by atoms with Crippen LogP contribution in [0.4, 0.5) is 14.9 Å². The minimum Gasteiger partial charge on any atom is -0.495 e. The van der Waals surface area contributed by atoms with Crippen molar-refractivity contribution in [2.24, 2.45) is 29.2 Å². The number of halogens is 2. The molecule has 81 heavy (non-hydrogen) atoms. The summed E-state index contributed by atoms with van der Waals surface area (Å²) in [6.45, 7) is 10.9. The number of unbranched alkanes of at least 4 members (excludes halogenated alkanes) is 2. The molecule has 0 spiro atoms. The SMILES string of the molecule is COc1cc2cc(c1Cl)N(C)C(=O)C[C@H](OC(=O)[C@H](C)N(C)C(=O)c1ccc(CC(=O)[C@H](CCCNC(N)=O)NC(=O)[C@@H](CC(=O)CCCCCN)C(C)C)cc1F)[C@]1(C)O[C@H]1[C@H](C)[C@@H]1C[C@@](O)(CC(=O)O1)[C@H](OC)/C=C/C=C(\C)C2. The number of nitrogens with two attached hydrogens (primary N) is 2. The second-order valence-corrected chi connectivity index (χ2v) is 22.7. The molecule has 3 heterocycles. The summed E-state index contributed by atoms with van der Waals surface area (Å²) in [6, 6.07) is 3.83. The number of urea groups is 1. The van der Waals surface area contributed by atoms with Gasteiger partial charge in [-0.25, -0.2) is 14.0 Å². The zero-order chi connectivity index (χ0) is 60.1. The Morgan fingerprint density at radius 2 is 1.77 bits per heavy atom. The van der Waals surface area contributed by atoms with Gasteiger partial charge in [0.15, 0.2) is 5.78 Å². The monoisotopic (exact) mass is 1150 g/mol. The summed E-state index contributed by atoms with van der Waals surface area (Å²) in [5, 5.41) is 17.4. The van der Waals surface area contributed by atoms with Crippen LogP contribution in [0.15, 0.2) is 54.1 Å². The summed E-state index contributed by atoms with van der Waals surface area (Å²) >= 11 is 6.83. The maximum atomic E-state index is 16.1. The fourth-order valence-electron chi connectivity index (χ4n) is 10.5. The molecular formula is C59H82ClFN6O14. The van der Waals surface area contributed by atoms with Crippen molar-refractivity contribution in [1.82, 2.24) is 15.5 Å². The first kappa shape index (κ1) is 65.5. The third-order valence-corrected chi connectivity index (χ3v) is 16.2. The lowest BCUT2D eigenvalue weighted by Gasteiger charge is -2.41. The van der Waals surface area contributed by atoms with Gasteiger partial charge in [0.25, 0.3) is 5.91 Å². The van der Waals surface area contributed by atoms with Gasteiger partial charge >= 0.3 is 18.0 Å². The third-order valence-electron chi connectivity index (χ3n) is 15.8. The maximum Gasteiger partial charge on any atom is 0.328 e. The number of epoxide rings is 1. The van der Waals surface area contributed by atoms with Crippen LogP contribution in [-0.4, -0.2) is 146 Å². The number of ketones is 2. The van der Waals surface area contributed by atoms with Crippen molar-refractivity contribution >= 4 is 64.5 Å². The lowest BCUT2D eigenvalue weighted by Crippen LogP contribution is -2.53. The molecular weight excluding hydrogens is 1070 g/mol. The average Bonchev–Trinajstić information content (AvgIpc) is 4.33. The number of aliphatic hydroxyl groups is 1. The number of amides is 5. The number of hydrogen-bond acceptors (Lipinski definition) is 15. The Bertz CT molecular complexity index is 2700. The van der Waals surface area contributed by atoms with Crippen LogP contribution in [0.5, 0.6) is 5.75 Å². The predicted octanol–water partition coefficient (Wildman–Crippen LogP) is 6.01. The average molecular weight is 1150 g/mol. The molecule has 7 N–H and O–H groups in total. The number of hydrogen-bond donors (Lipinski definition) is 5. The number of rotatable bonds is 23. The van der Waals surface area contributed by atoms with Gasteiger partial charge in [-0.05, 0) is 101 Å². The lowest BCUT2D eigenvalue weighted by atomic mass is 9.78. The Morgan fingerprint density at radius 3 is 2.41 bits per heavy atom. The van der Waals surface area contributed by atoms with Crippen molar-refractivity contribution < 1.29 is 71.5 Å². The lowest BCUT2D eigenvalue weighted by molar-refractivity contribution is -0.187. The second kappa shape index (κ2) is 29.1. The van der Waals surface area contributed by atoms with E-state index in [1.807, 2.05) is 13.0 Å². The van der Waals surface area contributed by atoms with E-state index in [1.165, 1.54) is 52.3 Å². The number of primary amides is 1. The fraction of sp³-hybridized carbons (Fsp3) is 0.593. The van der Waals surface area contributed by atoms with Gasteiger partial charge in [-0.2, -0.15) is 0 Å². The van der Waals surface area contributed by atoms with E-state index in [4.69, 9.17) is 46.8 Å². The number of carbonyl (C=O) groups excluding carboxylic acids is 8. The smallest absolute Gasteiger partial charge is 0.328 e. The minimum absolute atomic E-state index is 0.0194. The summed E-state index contributed by atoms with van der Waals surface area (Å²) in [5.74, 6) is -6.48. The zero-order valence-corrected chi connectivity index (χ0v) is 49.0. The number of fused-ring (bicyclic) bond motifs is 5. The van der Waals surface area contributed by atoms with Crippen molar-refractivity contribution in [3.8, 4) is 5.75 Å². The van der Waals surface area contributed by atoms with Gasteiger partial charge in [-0.15, -0.1) is 0 Å². The maximum absolute atomic E-state index is 16.1. The number of likely N-dealkylation sites (N-methyl/N-ethyl adjacent to an activating group) is 1. The number of allylic oxidation sites excluding steroid dienone is 3. The molecule has 446 valence electrons. The van der Waals surface area contributed by atoms with E-state index in [0.717, 1.165) is 34.9 Å². The van der Waals surface area contributed by atoms with Gasteiger partial charge in [0.2, 0.25) is 11.8 Å². The van der Waals surface area contributed by atoms with E-state index in [-0.39, 0.29) is 67.4 Å². The normalized spacial score (nSPS) is 25.2. The van der Waals surface area contributed by atoms with E-state index in [1.54, 1.807) is 52.0 Å². The number of nitrogens with one attached hydrogen (secondary N) is 2. The molecule has 0 aromatic heterocycles. The number of benzene rings is 2. The van der Waals surface area contributed by atoms with Gasteiger partial charge < -0.3 is 60.7 Å². The van der Waals surface area contributed by atoms with Crippen molar-refractivity contribution in [3.05, 3.63) is 81.7 Å². The summed E-state index contributed by atoms with van der Waals surface area (Å²) in [5.41, 5.74) is 9.40. The second-order valence-electron chi connectivity index (χ2n) is 22.3. The molecule has 2 saturated heterocycles. The quantitative estimate of drug-likeness (QED) is 0.0484. The van der Waals surface area contributed by atoms with Crippen LogP contribution in [0.2, 0.25) is 5.02 Å². The number of esters is 2. The summed E-state index contributed by atoms with van der Waals surface area (Å²) in [6.07, 6.45) is 3.32. The van der Waals surface area contributed by atoms with Crippen molar-refractivity contribution in [1.29, 1.82) is 0 Å². The summed E-state index contributed by atoms with van der Waals surface area (Å²) in [7, 11) is 5.67. The standard InChI is InChI=1S/C59H82ClFN6O14/c1-33(2)41(29-39(68)17-12-11-13-22-62)54(72)65-43(18-15-23-64-57(63)75)45(69)27-37-20-21-40(42(61)25-37)55(73)66(7)36(5)56(74)80-49-30-50(70)67(8)44-26-38(28-46(77-9)52(44)60)24-34(3)16-14-19-48(78-10)59(76)31-47(79-51(71)32-59)35(4)53-58(49,6)81-53/h14,16,19-21,25-26,28,33,35-36,41,43,47-49,53,76H,11-13,15,17-18,22-24,27,29-32,62H2,1-10H3,(H,65,72)(H3,63,64,75)/b19-14+,34-16+/t35-,36+,41+,43+,47+,48-,49+,53+,58+,59-/m1/s1. The first-order valence-corrected chi connectivity index (χ1v) is 28.0. The van der Waals surface area contributed by atoms with Crippen LogP contribution < -0.4 is 31.7 Å². The van der Waals surface area contributed by atoms with Crippen molar-refractivity contribution in [2.45, 2.75) is 166 Å². The highest BCUT2D eigenvalue weighted by Gasteiger charge is 2.64. The highest BCUT2D eigenvalue weighted by molar-refractivity contribution is 6.35. The van der Waals surface area contributed by atoms with E-state index >= 15 is 4.39 Å². The van der Waals surface area contributed by atoms with Crippen LogP contribution in [0, 0.1) is 23.6 Å². The molecule has 0 saturated carbocycles. The van der Waals surface area contributed by atoms with Gasteiger partial charge in [-0.1, -0.05) is 68.7 Å². The molecule has 20 nitrogen and oxygen atoms in total. The van der Waals surface area contributed by atoms with Crippen molar-refractivity contribution in [3.63, 3.8) is 0 Å². The Kier molecular flexibility index (Phi) is 23.6. The summed E-state index contributed by atoms with van der Waals surface area (Å²) < 4.78 is 45.7. The molecule has 2 aromatic carbocycles. The van der Waals surface area contributed by atoms with Gasteiger partial charge in [0.1, 0.15) is 57.9 Å². The number of carbonyl (C=O) groups is 8. The van der Waals surface area contributed by atoms with Crippen LogP contribution in [-0.2, 0) is 60.6 Å². The molecule has 0 aliphatic carbocycles. The molecule has 3 aliphatic rings. The minimum atomic E-state index is -1.68. The number of methoxy groups -OCH3 is 2. The molecule has 3 aliphatic heterocycles. The van der Waals surface area contributed by atoms with E-state index < -0.39 is 119 Å². The van der Waals surface area contributed by atoms with Gasteiger partial charge in [-0.3, -0.25) is 28.8 Å². The number of ether oxygens (including phenoxy) is 5. The predicted molar refractivity (Wildman–Crippen MR) is 301 cm³/mol. The highest BCUT2D eigenvalue weighted by Crippen LogP contribution is 2.50. The first-order chi connectivity index (χ1) is 38.2. The van der Waals surface area contributed by atoms with Crippen molar-refractivity contribution in [2.75, 3.05) is 46.3 Å². The molecule has 22 heteroatoms. The third kappa shape index (κ3) is 17.2. The van der Waals surface area contributed by atoms with E-state index in [9.17, 15) is 43.5 Å². The van der Waals surface area contributed by atoms with Crippen LogP contribution >= 0.6 is 11.6 Å². The van der Waals surface area contributed by atoms with Crippen LogP contribution in [0.3, 0.4) is 0 Å². The number of anilines is 1. The Hall–Kier alpha value is -6.26. The zero-order valence-electron chi connectivity index (χ0n) is 48.3. The van der Waals surface area contributed by atoms with Gasteiger partial charge in [0.05, 0.1) is 43.3 Å². The molecule has 5 amide bonds. The Labute approximate surface area is 479 Å². The molecule has 2 aromatic rings. The van der Waals surface area contributed by atoms with Crippen LogP contribution in [0.25, 0.3) is 0 Å². The molecule has 0 unspecified atom stereocenters.